The number of rotatable bonds is 5. The Balaban J connectivity index is 1.74. The summed E-state index contributed by atoms with van der Waals surface area (Å²) in [7, 11) is 0. The first-order valence-electron chi connectivity index (χ1n) is 7.13. The normalized spacial score (nSPS) is 18.8. The third kappa shape index (κ3) is 4.53. The van der Waals surface area contributed by atoms with Crippen LogP contribution in [0.3, 0.4) is 0 Å². The lowest BCUT2D eigenvalue weighted by Crippen LogP contribution is -2.42. The van der Waals surface area contributed by atoms with Crippen LogP contribution in [0.5, 0.6) is 5.75 Å². The number of benzene rings is 1. The maximum absolute atomic E-state index is 12.0. The van der Waals surface area contributed by atoms with Crippen LogP contribution < -0.4 is 10.1 Å². The lowest BCUT2D eigenvalue weighted by molar-refractivity contribution is -0.141. The van der Waals surface area contributed by atoms with Gasteiger partial charge in [-0.25, -0.2) is 4.79 Å². The maximum atomic E-state index is 12.0. The molecule has 120 valence electrons. The molecule has 0 aliphatic carbocycles. The Morgan fingerprint density at radius 2 is 2.14 bits per heavy atom. The van der Waals surface area contributed by atoms with Crippen molar-refractivity contribution in [1.29, 1.82) is 0 Å². The zero-order valence-electron chi connectivity index (χ0n) is 12.3. The van der Waals surface area contributed by atoms with Gasteiger partial charge in [-0.3, -0.25) is 4.79 Å². The number of carboxylic acids is 1. The molecular formula is C15H19ClN2O4. The Kier molecular flexibility index (Phi) is 5.49. The first-order valence-corrected chi connectivity index (χ1v) is 7.51. The molecule has 1 aliphatic heterocycles. The van der Waals surface area contributed by atoms with E-state index >= 15 is 0 Å². The Hall–Kier alpha value is -1.95. The summed E-state index contributed by atoms with van der Waals surface area (Å²) in [5, 5.41) is 12.3. The zero-order valence-corrected chi connectivity index (χ0v) is 13.0. The average molecular weight is 327 g/mol. The number of amides is 2. The van der Waals surface area contributed by atoms with E-state index in [9.17, 15) is 9.59 Å². The SMILES string of the molecule is CC(CNC(=O)N1CCC(C(=O)O)C1)Oc1ccc(Cl)cc1. The van der Waals surface area contributed by atoms with E-state index in [2.05, 4.69) is 5.32 Å². The number of nitrogens with one attached hydrogen (secondary N) is 1. The highest BCUT2D eigenvalue weighted by Crippen LogP contribution is 2.17. The van der Waals surface area contributed by atoms with Gasteiger partial charge in [-0.1, -0.05) is 11.6 Å². The molecule has 1 aromatic carbocycles. The van der Waals surface area contributed by atoms with Crippen LogP contribution in [0.4, 0.5) is 4.79 Å². The number of nitrogens with zero attached hydrogens (tertiary/aromatic N) is 1. The molecule has 1 aliphatic rings. The highest BCUT2D eigenvalue weighted by Gasteiger charge is 2.30. The highest BCUT2D eigenvalue weighted by atomic mass is 35.5. The number of urea groups is 1. The molecule has 1 fully saturated rings. The summed E-state index contributed by atoms with van der Waals surface area (Å²) < 4.78 is 5.66. The van der Waals surface area contributed by atoms with E-state index in [1.165, 1.54) is 4.90 Å². The van der Waals surface area contributed by atoms with Crippen molar-refractivity contribution in [1.82, 2.24) is 10.2 Å². The van der Waals surface area contributed by atoms with Gasteiger partial charge in [-0.2, -0.15) is 0 Å². The van der Waals surface area contributed by atoms with Crippen molar-refractivity contribution in [3.05, 3.63) is 29.3 Å². The van der Waals surface area contributed by atoms with Crippen LogP contribution in [0, 0.1) is 5.92 Å². The Bertz CT molecular complexity index is 535. The lowest BCUT2D eigenvalue weighted by Gasteiger charge is -2.20. The van der Waals surface area contributed by atoms with Gasteiger partial charge >= 0.3 is 12.0 Å². The van der Waals surface area contributed by atoms with E-state index in [0.29, 0.717) is 30.3 Å². The van der Waals surface area contributed by atoms with Gasteiger partial charge in [-0.15, -0.1) is 0 Å². The van der Waals surface area contributed by atoms with E-state index < -0.39 is 11.9 Å². The van der Waals surface area contributed by atoms with Crippen molar-refractivity contribution in [3.8, 4) is 5.75 Å². The Morgan fingerprint density at radius 1 is 1.45 bits per heavy atom. The standard InChI is InChI=1S/C15H19ClN2O4/c1-10(22-13-4-2-12(16)3-5-13)8-17-15(21)18-7-6-11(9-18)14(19)20/h2-5,10-11H,6-9H2,1H3,(H,17,21)(H,19,20). The lowest BCUT2D eigenvalue weighted by atomic mass is 10.1. The topological polar surface area (TPSA) is 78.9 Å². The fourth-order valence-electron chi connectivity index (χ4n) is 2.28. The number of carboxylic acid groups (broad SMARTS) is 1. The highest BCUT2D eigenvalue weighted by molar-refractivity contribution is 6.30. The Morgan fingerprint density at radius 3 is 2.73 bits per heavy atom. The first-order chi connectivity index (χ1) is 10.5. The van der Waals surface area contributed by atoms with Crippen LogP contribution in [-0.2, 0) is 4.79 Å². The molecule has 0 aromatic heterocycles. The van der Waals surface area contributed by atoms with Crippen molar-refractivity contribution in [3.63, 3.8) is 0 Å². The molecule has 2 atom stereocenters. The molecule has 2 unspecified atom stereocenters. The van der Waals surface area contributed by atoms with Crippen molar-refractivity contribution in [2.75, 3.05) is 19.6 Å². The summed E-state index contributed by atoms with van der Waals surface area (Å²) in [6, 6.07) is 6.74. The molecule has 1 aromatic rings. The van der Waals surface area contributed by atoms with Gasteiger partial charge in [0.05, 0.1) is 12.5 Å². The Labute approximate surface area is 134 Å². The molecular weight excluding hydrogens is 308 g/mol. The molecule has 0 radical (unpaired) electrons. The minimum absolute atomic E-state index is 0.206. The number of carbonyl (C=O) groups is 2. The third-order valence-electron chi connectivity index (χ3n) is 3.52. The third-order valence-corrected chi connectivity index (χ3v) is 3.77. The summed E-state index contributed by atoms with van der Waals surface area (Å²) in [5.41, 5.74) is 0. The quantitative estimate of drug-likeness (QED) is 0.869. The predicted octanol–water partition coefficient (Wildman–Crippen LogP) is 2.22. The smallest absolute Gasteiger partial charge is 0.317 e. The number of halogens is 1. The number of aliphatic carboxylic acids is 1. The zero-order chi connectivity index (χ0) is 16.1. The largest absolute Gasteiger partial charge is 0.489 e. The second-order valence-electron chi connectivity index (χ2n) is 5.34. The van der Waals surface area contributed by atoms with Crippen LogP contribution in [0.25, 0.3) is 0 Å². The van der Waals surface area contributed by atoms with Gasteiger partial charge in [0.2, 0.25) is 0 Å². The van der Waals surface area contributed by atoms with Crippen molar-refractivity contribution < 1.29 is 19.4 Å². The molecule has 1 saturated heterocycles. The number of hydrogen-bond acceptors (Lipinski definition) is 3. The van der Waals surface area contributed by atoms with Crippen LogP contribution >= 0.6 is 11.6 Å². The predicted molar refractivity (Wildman–Crippen MR) is 82.3 cm³/mol. The van der Waals surface area contributed by atoms with Crippen molar-refractivity contribution >= 4 is 23.6 Å². The molecule has 2 rings (SSSR count). The van der Waals surface area contributed by atoms with E-state index in [1.54, 1.807) is 24.3 Å². The van der Waals surface area contributed by atoms with E-state index in [-0.39, 0.29) is 18.7 Å². The summed E-state index contributed by atoms with van der Waals surface area (Å²) >= 11 is 5.80. The fraction of sp³-hybridized carbons (Fsp3) is 0.467. The van der Waals surface area contributed by atoms with E-state index in [0.717, 1.165) is 0 Å². The second-order valence-corrected chi connectivity index (χ2v) is 5.77. The van der Waals surface area contributed by atoms with Gasteiger partial charge in [-0.05, 0) is 37.6 Å². The molecule has 0 bridgehead atoms. The van der Waals surface area contributed by atoms with Gasteiger partial charge in [0.1, 0.15) is 11.9 Å². The number of likely N-dealkylation sites (tertiary alicyclic amines) is 1. The number of carbonyl (C=O) groups excluding carboxylic acids is 1. The molecule has 0 saturated carbocycles. The summed E-state index contributed by atoms with van der Waals surface area (Å²) in [4.78, 5) is 24.4. The minimum atomic E-state index is -0.852. The molecule has 22 heavy (non-hydrogen) atoms. The molecule has 6 nitrogen and oxygen atoms in total. The fourth-order valence-corrected chi connectivity index (χ4v) is 2.40. The van der Waals surface area contributed by atoms with Crippen LogP contribution in [0.1, 0.15) is 13.3 Å². The summed E-state index contributed by atoms with van der Waals surface area (Å²) in [6.45, 7) is 2.91. The molecule has 0 spiro atoms. The number of hydrogen-bond donors (Lipinski definition) is 2. The van der Waals surface area contributed by atoms with E-state index in [4.69, 9.17) is 21.4 Å². The monoisotopic (exact) mass is 326 g/mol. The second kappa shape index (κ2) is 7.35. The van der Waals surface area contributed by atoms with Crippen molar-refractivity contribution in [2.45, 2.75) is 19.4 Å². The molecule has 1 heterocycles. The molecule has 7 heteroatoms. The van der Waals surface area contributed by atoms with Gasteiger partial charge in [0.25, 0.3) is 0 Å². The molecule has 2 N–H and O–H groups in total. The average Bonchev–Trinajstić information content (AvgIpc) is 2.97. The summed E-state index contributed by atoms with van der Waals surface area (Å²) in [5.74, 6) is -0.638. The minimum Gasteiger partial charge on any atom is -0.489 e. The number of ether oxygens (including phenoxy) is 1. The molecule has 2 amide bonds. The van der Waals surface area contributed by atoms with Crippen LogP contribution in [0.15, 0.2) is 24.3 Å². The van der Waals surface area contributed by atoms with Crippen LogP contribution in [-0.4, -0.2) is 47.7 Å². The first kappa shape index (κ1) is 16.4. The van der Waals surface area contributed by atoms with Gasteiger partial charge < -0.3 is 20.1 Å². The van der Waals surface area contributed by atoms with Crippen molar-refractivity contribution in [2.24, 2.45) is 5.92 Å². The van der Waals surface area contributed by atoms with Crippen LogP contribution in [0.2, 0.25) is 5.02 Å². The van der Waals surface area contributed by atoms with Gasteiger partial charge in [0.15, 0.2) is 0 Å². The van der Waals surface area contributed by atoms with Gasteiger partial charge in [0, 0.05) is 18.1 Å². The summed E-state index contributed by atoms with van der Waals surface area (Å²) in [6.07, 6.45) is 0.294. The van der Waals surface area contributed by atoms with E-state index in [1.807, 2.05) is 6.92 Å². The maximum Gasteiger partial charge on any atom is 0.317 e.